The number of carbonyl (C=O) groups is 2. The molecule has 1 heterocycles. The number of quaternary nitrogens is 1. The highest BCUT2D eigenvalue weighted by Crippen LogP contribution is 2.21. The maximum Gasteiger partial charge on any atom is 0.321 e. The topological polar surface area (TPSA) is 75.1 Å². The van der Waals surface area contributed by atoms with E-state index in [1.165, 1.54) is 0 Å². The summed E-state index contributed by atoms with van der Waals surface area (Å²) in [5, 5.41) is 5.12. The molecule has 7 nitrogen and oxygen atoms in total. The molecular weight excluding hydrogens is 368 g/mol. The molecule has 0 unspecified atom stereocenters. The van der Waals surface area contributed by atoms with Crippen molar-refractivity contribution in [2.45, 2.75) is 13.0 Å². The van der Waals surface area contributed by atoms with Gasteiger partial charge in [0, 0.05) is 23.9 Å². The molecule has 154 valence electrons. The summed E-state index contributed by atoms with van der Waals surface area (Å²) in [6.45, 7) is 5.52. The van der Waals surface area contributed by atoms with E-state index < -0.39 is 12.1 Å². The smallest absolute Gasteiger partial charge is 0.321 e. The number of methoxy groups -OCH3 is 1. The Morgan fingerprint density at radius 2 is 1.83 bits per heavy atom. The summed E-state index contributed by atoms with van der Waals surface area (Å²) in [6.07, 6.45) is 0. The average Bonchev–Trinajstić information content (AvgIpc) is 2.75. The molecule has 29 heavy (non-hydrogen) atoms. The van der Waals surface area contributed by atoms with E-state index in [1.54, 1.807) is 7.11 Å². The van der Waals surface area contributed by atoms with Crippen molar-refractivity contribution in [1.29, 1.82) is 0 Å². The number of nitrogens with zero attached hydrogens (tertiary/aromatic N) is 1. The van der Waals surface area contributed by atoms with Crippen molar-refractivity contribution in [2.24, 2.45) is 0 Å². The fraction of sp³-hybridized carbons (Fsp3) is 0.364. The Hall–Kier alpha value is -3.06. The maximum atomic E-state index is 12.9. The van der Waals surface area contributed by atoms with Crippen LogP contribution in [0.15, 0.2) is 54.6 Å². The quantitative estimate of drug-likeness (QED) is 0.680. The maximum absolute atomic E-state index is 12.9. The lowest BCUT2D eigenvalue weighted by Crippen LogP contribution is -3.16. The molecule has 2 aromatic rings. The van der Waals surface area contributed by atoms with Crippen LogP contribution in [0.4, 0.5) is 10.5 Å². The number of benzene rings is 2. The average molecular weight is 397 g/mol. The van der Waals surface area contributed by atoms with Crippen molar-refractivity contribution >= 4 is 17.6 Å². The van der Waals surface area contributed by atoms with E-state index in [2.05, 4.69) is 21.6 Å². The van der Waals surface area contributed by atoms with Crippen molar-refractivity contribution in [3.8, 4) is 5.75 Å². The van der Waals surface area contributed by atoms with E-state index in [-0.39, 0.29) is 5.91 Å². The fourth-order valence-electron chi connectivity index (χ4n) is 3.75. The van der Waals surface area contributed by atoms with Crippen LogP contribution in [0.1, 0.15) is 18.5 Å². The second kappa shape index (κ2) is 9.93. The van der Waals surface area contributed by atoms with E-state index in [1.807, 2.05) is 55.5 Å². The molecule has 1 aliphatic rings. The van der Waals surface area contributed by atoms with Crippen LogP contribution in [-0.2, 0) is 4.79 Å². The minimum atomic E-state index is -0.451. The van der Waals surface area contributed by atoms with Crippen LogP contribution in [0.5, 0.6) is 5.75 Å². The van der Waals surface area contributed by atoms with E-state index >= 15 is 0 Å². The minimum absolute atomic E-state index is 0.271. The molecule has 3 rings (SSSR count). The summed E-state index contributed by atoms with van der Waals surface area (Å²) in [7, 11) is 1.67. The van der Waals surface area contributed by atoms with Gasteiger partial charge in [-0.05, 0) is 19.1 Å². The molecular formula is C22H29N4O3+. The van der Waals surface area contributed by atoms with Crippen molar-refractivity contribution in [3.63, 3.8) is 0 Å². The zero-order chi connectivity index (χ0) is 20.6. The highest BCUT2D eigenvalue weighted by Gasteiger charge is 2.35. The Bertz CT molecular complexity index is 820. The first-order valence-electron chi connectivity index (χ1n) is 9.99. The van der Waals surface area contributed by atoms with Crippen molar-refractivity contribution in [1.82, 2.24) is 10.6 Å². The molecule has 0 radical (unpaired) electrons. The third kappa shape index (κ3) is 5.26. The van der Waals surface area contributed by atoms with Gasteiger partial charge in [-0.2, -0.15) is 0 Å². The number of imide groups is 1. The number of hydrogen-bond donors (Lipinski definition) is 3. The summed E-state index contributed by atoms with van der Waals surface area (Å²) < 4.78 is 5.33. The number of urea groups is 1. The normalized spacial score (nSPS) is 15.4. The van der Waals surface area contributed by atoms with Gasteiger partial charge in [-0.15, -0.1) is 0 Å². The standard InChI is InChI=1S/C22H28N4O3/c1-3-23-22(28)24-21(27)20(17-8-5-4-6-9-17)26-14-12-25(13-15-26)18-10-7-11-19(16-18)29-2/h4-11,16,20H,3,12-15H2,1-2H3,(H2,23,24,27,28)/p+1/t20-/m0/s1. The van der Waals surface area contributed by atoms with Gasteiger partial charge in [0.25, 0.3) is 5.91 Å². The molecule has 0 aromatic heterocycles. The number of carbonyl (C=O) groups excluding carboxylic acids is 2. The number of amides is 3. The van der Waals surface area contributed by atoms with Crippen LogP contribution in [0.3, 0.4) is 0 Å². The first-order chi connectivity index (χ1) is 14.1. The van der Waals surface area contributed by atoms with Gasteiger partial charge < -0.3 is 19.9 Å². The van der Waals surface area contributed by atoms with E-state index in [0.717, 1.165) is 48.1 Å². The molecule has 7 heteroatoms. The molecule has 3 amide bonds. The van der Waals surface area contributed by atoms with E-state index in [4.69, 9.17) is 4.74 Å². The Morgan fingerprint density at radius 3 is 2.48 bits per heavy atom. The van der Waals surface area contributed by atoms with E-state index in [0.29, 0.717) is 6.54 Å². The van der Waals surface area contributed by atoms with Gasteiger partial charge in [-0.25, -0.2) is 4.79 Å². The highest BCUT2D eigenvalue weighted by molar-refractivity contribution is 5.96. The van der Waals surface area contributed by atoms with Crippen LogP contribution < -0.4 is 25.2 Å². The first kappa shape index (κ1) is 20.7. The second-order valence-electron chi connectivity index (χ2n) is 7.04. The first-order valence-corrected chi connectivity index (χ1v) is 9.99. The monoisotopic (exact) mass is 397 g/mol. The van der Waals surface area contributed by atoms with Crippen LogP contribution in [-0.4, -0.2) is 51.8 Å². The zero-order valence-electron chi connectivity index (χ0n) is 17.0. The lowest BCUT2D eigenvalue weighted by atomic mass is 10.0. The molecule has 0 aliphatic carbocycles. The largest absolute Gasteiger partial charge is 0.497 e. The second-order valence-corrected chi connectivity index (χ2v) is 7.04. The Balaban J connectivity index is 1.72. The number of piperazine rings is 1. The summed E-state index contributed by atoms with van der Waals surface area (Å²) in [5.41, 5.74) is 2.03. The van der Waals surface area contributed by atoms with Crippen molar-refractivity contribution in [2.75, 3.05) is 44.7 Å². The van der Waals surface area contributed by atoms with Crippen molar-refractivity contribution < 1.29 is 19.2 Å². The molecule has 1 aliphatic heterocycles. The molecule has 2 aromatic carbocycles. The fourth-order valence-corrected chi connectivity index (χ4v) is 3.75. The summed E-state index contributed by atoms with van der Waals surface area (Å²) in [5.74, 6) is 0.563. The molecule has 1 fully saturated rings. The lowest BCUT2D eigenvalue weighted by molar-refractivity contribution is -0.922. The molecule has 0 spiro atoms. The van der Waals surface area contributed by atoms with Crippen LogP contribution in [0.25, 0.3) is 0 Å². The summed E-state index contributed by atoms with van der Waals surface area (Å²) in [4.78, 5) is 28.3. The van der Waals surface area contributed by atoms with Gasteiger partial charge in [0.1, 0.15) is 5.75 Å². The predicted octanol–water partition coefficient (Wildman–Crippen LogP) is 0.987. The number of nitrogens with one attached hydrogen (secondary N) is 3. The van der Waals surface area contributed by atoms with Crippen LogP contribution in [0, 0.1) is 0 Å². The Labute approximate surface area is 171 Å². The van der Waals surface area contributed by atoms with Crippen molar-refractivity contribution in [3.05, 3.63) is 60.2 Å². The minimum Gasteiger partial charge on any atom is -0.497 e. The number of ether oxygens (including phenoxy) is 1. The van der Waals surface area contributed by atoms with E-state index in [9.17, 15) is 9.59 Å². The predicted molar refractivity (Wildman–Crippen MR) is 112 cm³/mol. The molecule has 0 saturated carbocycles. The zero-order valence-corrected chi connectivity index (χ0v) is 17.0. The third-order valence-electron chi connectivity index (χ3n) is 5.20. The molecule has 1 saturated heterocycles. The van der Waals surface area contributed by atoms with Crippen LogP contribution >= 0.6 is 0 Å². The molecule has 0 bridgehead atoms. The highest BCUT2D eigenvalue weighted by atomic mass is 16.5. The van der Waals surface area contributed by atoms with Gasteiger partial charge >= 0.3 is 6.03 Å². The lowest BCUT2D eigenvalue weighted by Gasteiger charge is -2.37. The summed E-state index contributed by atoms with van der Waals surface area (Å²) in [6, 6.07) is 16.8. The Kier molecular flexibility index (Phi) is 7.08. The van der Waals surface area contributed by atoms with Gasteiger partial charge in [0.2, 0.25) is 0 Å². The van der Waals surface area contributed by atoms with Gasteiger partial charge in [-0.1, -0.05) is 36.4 Å². The number of anilines is 1. The molecule has 3 N–H and O–H groups in total. The van der Waals surface area contributed by atoms with Gasteiger partial charge in [-0.3, -0.25) is 10.1 Å². The summed E-state index contributed by atoms with van der Waals surface area (Å²) >= 11 is 0. The van der Waals surface area contributed by atoms with Gasteiger partial charge in [0.05, 0.1) is 33.3 Å². The molecule has 1 atom stereocenters. The number of rotatable bonds is 6. The van der Waals surface area contributed by atoms with Gasteiger partial charge in [0.15, 0.2) is 6.04 Å². The number of hydrogen-bond acceptors (Lipinski definition) is 4. The third-order valence-corrected chi connectivity index (χ3v) is 5.20. The SMILES string of the molecule is CCNC(=O)NC(=O)[C@H](c1ccccc1)[NH+]1CCN(c2cccc(OC)c2)CC1. The van der Waals surface area contributed by atoms with Crippen LogP contribution in [0.2, 0.25) is 0 Å². The Morgan fingerprint density at radius 1 is 1.10 bits per heavy atom.